The van der Waals surface area contributed by atoms with Gasteiger partial charge in [0, 0.05) is 26.3 Å². The van der Waals surface area contributed by atoms with Crippen LogP contribution in [0.1, 0.15) is 37.1 Å². The van der Waals surface area contributed by atoms with Gasteiger partial charge in [0.15, 0.2) is 0 Å². The van der Waals surface area contributed by atoms with Gasteiger partial charge in [-0.05, 0) is 43.4 Å². The molecule has 3 rings (SSSR count). The molecule has 1 unspecified atom stereocenters. The number of nitrogens with one attached hydrogen (secondary N) is 1. The van der Waals surface area contributed by atoms with Gasteiger partial charge in [-0.25, -0.2) is 4.79 Å². The largest absolute Gasteiger partial charge is 0.467 e. The standard InChI is InChI=1S/C20H26N2O3/c1-16(19-8-5-11-25-19)21-20(23)22(14-17-6-3-2-4-7-17)15-18-9-12-24-13-10-18/h2-8,11,16,18H,9-10,12-15H2,1H3,(H,21,23). The van der Waals surface area contributed by atoms with E-state index in [0.717, 1.165) is 43.9 Å². The zero-order valence-electron chi connectivity index (χ0n) is 14.7. The van der Waals surface area contributed by atoms with Gasteiger partial charge in [0.05, 0.1) is 12.3 Å². The quantitative estimate of drug-likeness (QED) is 0.864. The molecule has 1 atom stereocenters. The second kappa shape index (κ2) is 8.72. The molecule has 5 nitrogen and oxygen atoms in total. The molecular formula is C20H26N2O3. The predicted octanol–water partition coefficient (Wildman–Crippen LogP) is 3.98. The van der Waals surface area contributed by atoms with Crippen LogP contribution in [0.4, 0.5) is 4.79 Å². The molecule has 5 heteroatoms. The highest BCUT2D eigenvalue weighted by molar-refractivity contribution is 5.74. The smallest absolute Gasteiger partial charge is 0.318 e. The molecule has 0 aliphatic carbocycles. The Morgan fingerprint density at radius 3 is 2.64 bits per heavy atom. The molecule has 1 aromatic carbocycles. The second-order valence-electron chi connectivity index (χ2n) is 6.61. The Balaban J connectivity index is 1.66. The molecule has 2 aromatic rings. The number of carbonyl (C=O) groups is 1. The van der Waals surface area contributed by atoms with E-state index in [1.807, 2.05) is 42.2 Å². The number of urea groups is 1. The number of nitrogens with zero attached hydrogens (tertiary/aromatic N) is 1. The third-order valence-corrected chi connectivity index (χ3v) is 4.63. The monoisotopic (exact) mass is 342 g/mol. The molecule has 0 bridgehead atoms. The first kappa shape index (κ1) is 17.5. The van der Waals surface area contributed by atoms with Crippen molar-refractivity contribution in [3.05, 3.63) is 60.1 Å². The van der Waals surface area contributed by atoms with Crippen molar-refractivity contribution in [2.24, 2.45) is 5.92 Å². The lowest BCUT2D eigenvalue weighted by Crippen LogP contribution is -2.43. The van der Waals surface area contributed by atoms with Gasteiger partial charge in [-0.2, -0.15) is 0 Å². The van der Waals surface area contributed by atoms with Crippen LogP contribution < -0.4 is 5.32 Å². The van der Waals surface area contributed by atoms with Crippen molar-refractivity contribution in [1.29, 1.82) is 0 Å². The van der Waals surface area contributed by atoms with Crippen molar-refractivity contribution in [2.75, 3.05) is 19.8 Å². The van der Waals surface area contributed by atoms with Crippen LogP contribution in [0, 0.1) is 5.92 Å². The van der Waals surface area contributed by atoms with Gasteiger partial charge in [-0.1, -0.05) is 30.3 Å². The van der Waals surface area contributed by atoms with Crippen LogP contribution in [-0.4, -0.2) is 30.7 Å². The molecule has 1 saturated heterocycles. The van der Waals surface area contributed by atoms with Crippen molar-refractivity contribution in [3.8, 4) is 0 Å². The average molecular weight is 342 g/mol. The van der Waals surface area contributed by atoms with Crippen LogP contribution in [0.25, 0.3) is 0 Å². The molecule has 25 heavy (non-hydrogen) atoms. The highest BCUT2D eigenvalue weighted by Crippen LogP contribution is 2.19. The van der Waals surface area contributed by atoms with Crippen molar-refractivity contribution in [2.45, 2.75) is 32.4 Å². The lowest BCUT2D eigenvalue weighted by Gasteiger charge is -2.31. The van der Waals surface area contributed by atoms with Gasteiger partial charge in [-0.3, -0.25) is 0 Å². The van der Waals surface area contributed by atoms with Gasteiger partial charge >= 0.3 is 6.03 Å². The van der Waals surface area contributed by atoms with E-state index in [2.05, 4.69) is 17.4 Å². The first-order valence-electron chi connectivity index (χ1n) is 8.93. The third-order valence-electron chi connectivity index (χ3n) is 4.63. The normalized spacial score (nSPS) is 16.4. The van der Waals surface area contributed by atoms with Crippen LogP contribution >= 0.6 is 0 Å². The van der Waals surface area contributed by atoms with Crippen molar-refractivity contribution in [3.63, 3.8) is 0 Å². The molecule has 134 valence electrons. The number of amides is 2. The van der Waals surface area contributed by atoms with E-state index in [-0.39, 0.29) is 12.1 Å². The third kappa shape index (κ3) is 5.10. The van der Waals surface area contributed by atoms with E-state index >= 15 is 0 Å². The van der Waals surface area contributed by atoms with Crippen LogP contribution in [0.3, 0.4) is 0 Å². The predicted molar refractivity (Wildman–Crippen MR) is 96.0 cm³/mol. The molecule has 2 amide bonds. The summed E-state index contributed by atoms with van der Waals surface area (Å²) in [7, 11) is 0. The molecule has 1 aliphatic rings. The summed E-state index contributed by atoms with van der Waals surface area (Å²) in [6, 6.07) is 13.6. The Hall–Kier alpha value is -2.27. The molecule has 1 aromatic heterocycles. The summed E-state index contributed by atoms with van der Waals surface area (Å²) in [6.07, 6.45) is 3.64. The SMILES string of the molecule is CC(NC(=O)N(Cc1ccccc1)CC1CCOCC1)c1ccco1. The van der Waals surface area contributed by atoms with Crippen molar-refractivity contribution < 1.29 is 13.9 Å². The summed E-state index contributed by atoms with van der Waals surface area (Å²) < 4.78 is 10.8. The summed E-state index contributed by atoms with van der Waals surface area (Å²) in [5, 5.41) is 3.05. The molecule has 2 heterocycles. The zero-order chi connectivity index (χ0) is 17.5. The number of furan rings is 1. The lowest BCUT2D eigenvalue weighted by molar-refractivity contribution is 0.0554. The fourth-order valence-electron chi connectivity index (χ4n) is 3.15. The Kier molecular flexibility index (Phi) is 6.12. The minimum atomic E-state index is -0.157. The number of carbonyl (C=O) groups excluding carboxylic acids is 1. The Labute approximate surface area is 149 Å². The molecule has 0 saturated carbocycles. The number of hydrogen-bond donors (Lipinski definition) is 1. The highest BCUT2D eigenvalue weighted by atomic mass is 16.5. The van der Waals surface area contributed by atoms with Crippen LogP contribution in [0.15, 0.2) is 53.1 Å². The Morgan fingerprint density at radius 2 is 1.96 bits per heavy atom. The van der Waals surface area contributed by atoms with Crippen LogP contribution in [-0.2, 0) is 11.3 Å². The van der Waals surface area contributed by atoms with E-state index in [1.54, 1.807) is 6.26 Å². The Morgan fingerprint density at radius 1 is 1.20 bits per heavy atom. The van der Waals surface area contributed by atoms with E-state index in [0.29, 0.717) is 12.5 Å². The number of benzene rings is 1. The van der Waals surface area contributed by atoms with Gasteiger partial charge < -0.3 is 19.4 Å². The summed E-state index contributed by atoms with van der Waals surface area (Å²) in [4.78, 5) is 14.8. The number of rotatable bonds is 6. The summed E-state index contributed by atoms with van der Waals surface area (Å²) >= 11 is 0. The highest BCUT2D eigenvalue weighted by Gasteiger charge is 2.23. The number of hydrogen-bond acceptors (Lipinski definition) is 3. The minimum absolute atomic E-state index is 0.0563. The van der Waals surface area contributed by atoms with E-state index in [9.17, 15) is 4.79 Å². The van der Waals surface area contributed by atoms with Crippen molar-refractivity contribution in [1.82, 2.24) is 10.2 Å². The van der Waals surface area contributed by atoms with Crippen LogP contribution in [0.2, 0.25) is 0 Å². The molecule has 1 N–H and O–H groups in total. The Bertz CT molecular complexity index is 636. The van der Waals surface area contributed by atoms with Gasteiger partial charge in [0.1, 0.15) is 5.76 Å². The van der Waals surface area contributed by atoms with Crippen LogP contribution in [0.5, 0.6) is 0 Å². The fourth-order valence-corrected chi connectivity index (χ4v) is 3.15. The summed E-state index contributed by atoms with van der Waals surface area (Å²) in [6.45, 7) is 4.86. The summed E-state index contributed by atoms with van der Waals surface area (Å²) in [5.74, 6) is 1.25. The molecule has 0 spiro atoms. The molecule has 0 radical (unpaired) electrons. The first-order chi connectivity index (χ1) is 12.2. The van der Waals surface area contributed by atoms with Gasteiger partial charge in [-0.15, -0.1) is 0 Å². The number of ether oxygens (including phenoxy) is 1. The lowest BCUT2D eigenvalue weighted by atomic mass is 9.99. The van der Waals surface area contributed by atoms with E-state index < -0.39 is 0 Å². The fraction of sp³-hybridized carbons (Fsp3) is 0.450. The second-order valence-corrected chi connectivity index (χ2v) is 6.61. The van der Waals surface area contributed by atoms with Gasteiger partial charge in [0.25, 0.3) is 0 Å². The first-order valence-corrected chi connectivity index (χ1v) is 8.93. The van der Waals surface area contributed by atoms with Gasteiger partial charge in [0.2, 0.25) is 0 Å². The molecular weight excluding hydrogens is 316 g/mol. The maximum absolute atomic E-state index is 12.9. The maximum Gasteiger partial charge on any atom is 0.318 e. The van der Waals surface area contributed by atoms with E-state index in [1.165, 1.54) is 0 Å². The molecule has 1 fully saturated rings. The van der Waals surface area contributed by atoms with Crippen molar-refractivity contribution >= 4 is 6.03 Å². The van der Waals surface area contributed by atoms with E-state index in [4.69, 9.17) is 9.15 Å². The minimum Gasteiger partial charge on any atom is -0.467 e. The zero-order valence-corrected chi connectivity index (χ0v) is 14.7. The average Bonchev–Trinajstić information content (AvgIpc) is 3.18. The molecule has 1 aliphatic heterocycles. The summed E-state index contributed by atoms with van der Waals surface area (Å²) in [5.41, 5.74) is 1.13. The maximum atomic E-state index is 12.9. The topological polar surface area (TPSA) is 54.7 Å².